The summed E-state index contributed by atoms with van der Waals surface area (Å²) in [6, 6.07) is 0. The van der Waals surface area contributed by atoms with Crippen LogP contribution in [0.2, 0.25) is 0 Å². The van der Waals surface area contributed by atoms with Crippen LogP contribution >= 0.6 is 0 Å². The molecule has 0 rings (SSSR count). The summed E-state index contributed by atoms with van der Waals surface area (Å²) < 4.78 is 16.7. The highest BCUT2D eigenvalue weighted by atomic mass is 16.6. The Bertz CT molecular complexity index is 1150. The van der Waals surface area contributed by atoms with E-state index >= 15 is 0 Å². The van der Waals surface area contributed by atoms with E-state index in [-0.39, 0.29) is 37.5 Å². The Morgan fingerprint density at radius 3 is 1.06 bits per heavy atom. The highest BCUT2D eigenvalue weighted by Gasteiger charge is 2.19. The summed E-state index contributed by atoms with van der Waals surface area (Å²) in [5.41, 5.74) is 0. The van der Waals surface area contributed by atoms with Crippen LogP contribution < -0.4 is 0 Å². The number of carbonyl (C=O) groups excluding carboxylic acids is 3. The molecule has 0 aliphatic rings. The van der Waals surface area contributed by atoms with Gasteiger partial charge < -0.3 is 14.2 Å². The highest BCUT2D eigenvalue weighted by Crippen LogP contribution is 2.16. The first-order valence-electron chi connectivity index (χ1n) is 26.8. The third-order valence-electron chi connectivity index (χ3n) is 11.5. The molecule has 0 aromatic carbocycles. The molecule has 0 saturated carbocycles. The molecule has 0 aromatic rings. The van der Waals surface area contributed by atoms with E-state index in [9.17, 15) is 14.4 Å². The Labute approximate surface area is 390 Å². The maximum atomic E-state index is 12.8. The van der Waals surface area contributed by atoms with Gasteiger partial charge in [0, 0.05) is 19.3 Å². The van der Waals surface area contributed by atoms with E-state index in [1.54, 1.807) is 0 Å². The molecule has 0 radical (unpaired) electrons. The van der Waals surface area contributed by atoms with Gasteiger partial charge in [-0.3, -0.25) is 14.4 Å². The van der Waals surface area contributed by atoms with E-state index in [4.69, 9.17) is 14.2 Å². The van der Waals surface area contributed by atoms with Crippen molar-refractivity contribution in [2.45, 2.75) is 271 Å². The summed E-state index contributed by atoms with van der Waals surface area (Å²) in [6.07, 6.45) is 63.6. The van der Waals surface area contributed by atoms with E-state index < -0.39 is 6.10 Å². The minimum Gasteiger partial charge on any atom is -0.462 e. The second-order valence-corrected chi connectivity index (χ2v) is 17.8. The number of ether oxygens (including phenoxy) is 3. The second-order valence-electron chi connectivity index (χ2n) is 17.8. The molecular weight excluding hydrogens is 781 g/mol. The van der Waals surface area contributed by atoms with E-state index in [1.807, 2.05) is 6.08 Å². The van der Waals surface area contributed by atoms with Gasteiger partial charge in [0.2, 0.25) is 0 Å². The van der Waals surface area contributed by atoms with Crippen molar-refractivity contribution in [2.75, 3.05) is 13.2 Å². The Morgan fingerprint density at radius 2 is 0.651 bits per heavy atom. The minimum absolute atomic E-state index is 0.0972. The topological polar surface area (TPSA) is 78.9 Å². The maximum Gasteiger partial charge on any atom is 0.306 e. The molecular formula is C57H100O6. The molecule has 0 amide bonds. The third kappa shape index (κ3) is 50.0. The van der Waals surface area contributed by atoms with E-state index in [0.717, 1.165) is 77.0 Å². The summed E-state index contributed by atoms with van der Waals surface area (Å²) in [6.45, 7) is 6.47. The van der Waals surface area contributed by atoms with Crippen LogP contribution in [0.4, 0.5) is 0 Å². The largest absolute Gasteiger partial charge is 0.462 e. The smallest absolute Gasteiger partial charge is 0.306 e. The van der Waals surface area contributed by atoms with Crippen LogP contribution in [0.15, 0.2) is 60.8 Å². The van der Waals surface area contributed by atoms with Gasteiger partial charge in [0.1, 0.15) is 13.2 Å². The average molecular weight is 881 g/mol. The average Bonchev–Trinajstić information content (AvgIpc) is 3.28. The summed E-state index contributed by atoms with van der Waals surface area (Å²) in [4.78, 5) is 38.0. The van der Waals surface area contributed by atoms with Crippen LogP contribution in [0.3, 0.4) is 0 Å². The van der Waals surface area contributed by atoms with Crippen LogP contribution in [-0.2, 0) is 28.6 Å². The van der Waals surface area contributed by atoms with Gasteiger partial charge in [-0.1, -0.05) is 236 Å². The van der Waals surface area contributed by atoms with Crippen LogP contribution in [0, 0.1) is 0 Å². The standard InChI is InChI=1S/C57H100O6/c1-4-7-10-13-16-19-22-25-27-28-30-32-35-38-41-44-47-50-56(59)62-53-54(52-61-55(58)49-46-43-40-37-34-31-24-21-18-15-12-9-6-3)63-57(60)51-48-45-42-39-36-33-29-26-23-20-17-14-11-8-5-2/h9,12,18,21,26,29,31,34,40,43,54H,4-8,10-11,13-17,19-20,22-25,27-28,30,32-33,35-39,41-42,44-53H2,1-3H3/b12-9-,21-18-,29-26-,34-31-,43-40-. The maximum absolute atomic E-state index is 12.8. The number of allylic oxidation sites excluding steroid dienone is 10. The van der Waals surface area contributed by atoms with Crippen LogP contribution in [0.5, 0.6) is 0 Å². The summed E-state index contributed by atoms with van der Waals surface area (Å²) >= 11 is 0. The number of carbonyl (C=O) groups is 3. The van der Waals surface area contributed by atoms with Gasteiger partial charge in [-0.15, -0.1) is 0 Å². The van der Waals surface area contributed by atoms with Gasteiger partial charge in [-0.2, -0.15) is 0 Å². The molecule has 6 nitrogen and oxygen atoms in total. The monoisotopic (exact) mass is 881 g/mol. The molecule has 1 unspecified atom stereocenters. The lowest BCUT2D eigenvalue weighted by atomic mass is 10.0. The molecule has 364 valence electrons. The fourth-order valence-electron chi connectivity index (χ4n) is 7.51. The molecule has 6 heteroatoms. The van der Waals surface area contributed by atoms with Crippen molar-refractivity contribution in [3.8, 4) is 0 Å². The number of unbranched alkanes of at least 4 members (excludes halogenated alkanes) is 27. The molecule has 0 bridgehead atoms. The molecule has 0 heterocycles. The predicted octanol–water partition coefficient (Wildman–Crippen LogP) is 17.6. The molecule has 0 fully saturated rings. The summed E-state index contributed by atoms with van der Waals surface area (Å²) in [5.74, 6) is -0.983. The zero-order valence-electron chi connectivity index (χ0n) is 41.6. The van der Waals surface area contributed by atoms with Gasteiger partial charge in [-0.05, 0) is 70.6 Å². The van der Waals surface area contributed by atoms with Crippen molar-refractivity contribution >= 4 is 17.9 Å². The molecule has 0 aliphatic carbocycles. The molecule has 0 aliphatic heterocycles. The van der Waals surface area contributed by atoms with Crippen molar-refractivity contribution in [1.29, 1.82) is 0 Å². The first-order valence-corrected chi connectivity index (χ1v) is 26.8. The Morgan fingerprint density at radius 1 is 0.333 bits per heavy atom. The predicted molar refractivity (Wildman–Crippen MR) is 270 cm³/mol. The third-order valence-corrected chi connectivity index (χ3v) is 11.5. The second kappa shape index (κ2) is 51.7. The summed E-state index contributed by atoms with van der Waals surface area (Å²) in [5, 5.41) is 0. The fraction of sp³-hybridized carbons (Fsp3) is 0.772. The van der Waals surface area contributed by atoms with Gasteiger partial charge in [0.05, 0.1) is 0 Å². The lowest BCUT2D eigenvalue weighted by molar-refractivity contribution is -0.166. The molecule has 63 heavy (non-hydrogen) atoms. The number of rotatable bonds is 48. The summed E-state index contributed by atoms with van der Waals surface area (Å²) in [7, 11) is 0. The van der Waals surface area contributed by atoms with Gasteiger partial charge >= 0.3 is 17.9 Å². The van der Waals surface area contributed by atoms with Gasteiger partial charge in [0.25, 0.3) is 0 Å². The first-order chi connectivity index (χ1) is 31.0. The molecule has 0 saturated heterocycles. The first kappa shape index (κ1) is 60.1. The van der Waals surface area contributed by atoms with Crippen molar-refractivity contribution in [2.24, 2.45) is 0 Å². The molecule has 0 aromatic heterocycles. The number of hydrogen-bond donors (Lipinski definition) is 0. The van der Waals surface area contributed by atoms with Crippen LogP contribution in [0.25, 0.3) is 0 Å². The van der Waals surface area contributed by atoms with Crippen molar-refractivity contribution in [1.82, 2.24) is 0 Å². The number of hydrogen-bond acceptors (Lipinski definition) is 6. The quantitative estimate of drug-likeness (QED) is 0.0262. The Balaban J connectivity index is 4.42. The normalized spacial score (nSPS) is 12.5. The Hall–Kier alpha value is -2.89. The van der Waals surface area contributed by atoms with E-state index in [1.165, 1.54) is 141 Å². The Kier molecular flexibility index (Phi) is 49.4. The van der Waals surface area contributed by atoms with Gasteiger partial charge in [0.15, 0.2) is 6.10 Å². The van der Waals surface area contributed by atoms with E-state index in [0.29, 0.717) is 19.3 Å². The van der Waals surface area contributed by atoms with E-state index in [2.05, 4.69) is 75.5 Å². The van der Waals surface area contributed by atoms with Crippen molar-refractivity contribution in [3.05, 3.63) is 60.8 Å². The zero-order valence-corrected chi connectivity index (χ0v) is 41.6. The van der Waals surface area contributed by atoms with Crippen LogP contribution in [0.1, 0.15) is 265 Å². The molecule has 0 spiro atoms. The van der Waals surface area contributed by atoms with Gasteiger partial charge in [-0.25, -0.2) is 0 Å². The zero-order chi connectivity index (χ0) is 45.8. The minimum atomic E-state index is -0.804. The fourth-order valence-corrected chi connectivity index (χ4v) is 7.51. The van der Waals surface area contributed by atoms with Crippen LogP contribution in [-0.4, -0.2) is 37.2 Å². The lowest BCUT2D eigenvalue weighted by Crippen LogP contribution is -2.30. The molecule has 1 atom stereocenters. The van der Waals surface area contributed by atoms with Crippen molar-refractivity contribution < 1.29 is 28.6 Å². The lowest BCUT2D eigenvalue weighted by Gasteiger charge is -2.18. The molecule has 0 N–H and O–H groups in total. The highest BCUT2D eigenvalue weighted by molar-refractivity contribution is 5.71. The number of esters is 3. The SMILES string of the molecule is CC/C=C\C/C=C\C/C=C\C/C=C\CCC(=O)OCC(COC(=O)CCCCCCCCCCCCCCCCCCC)OC(=O)CCCCCCC/C=C\CCCCCCCC. The van der Waals surface area contributed by atoms with Crippen molar-refractivity contribution in [3.63, 3.8) is 0 Å².